The van der Waals surface area contributed by atoms with Crippen molar-refractivity contribution < 1.29 is 9.52 Å². The number of anilines is 1. The summed E-state index contributed by atoms with van der Waals surface area (Å²) in [7, 11) is 0. The van der Waals surface area contributed by atoms with E-state index in [1.165, 1.54) is 6.07 Å². The van der Waals surface area contributed by atoms with E-state index in [9.17, 15) is 9.90 Å². The van der Waals surface area contributed by atoms with Crippen LogP contribution in [0.5, 0.6) is 5.75 Å². The molecule has 5 heteroatoms. The van der Waals surface area contributed by atoms with E-state index in [0.29, 0.717) is 17.1 Å². The van der Waals surface area contributed by atoms with Crippen LogP contribution >= 0.6 is 11.8 Å². The molecule has 0 spiro atoms. The number of phenolic OH excluding ortho intramolecular Hbond substituents is 1. The highest BCUT2D eigenvalue weighted by Crippen LogP contribution is 2.25. The van der Waals surface area contributed by atoms with Crippen LogP contribution in [0.2, 0.25) is 0 Å². The monoisotopic (exact) mass is 247 g/mol. The lowest BCUT2D eigenvalue weighted by Crippen LogP contribution is -2.18. The van der Waals surface area contributed by atoms with Crippen molar-refractivity contribution in [3.8, 4) is 5.75 Å². The lowest BCUT2D eigenvalue weighted by molar-refractivity contribution is 0.473. The van der Waals surface area contributed by atoms with E-state index in [-0.39, 0.29) is 5.75 Å². The normalized spacial score (nSPS) is 14.7. The molecule has 3 rings (SSSR count). The fourth-order valence-electron chi connectivity index (χ4n) is 1.72. The maximum absolute atomic E-state index is 11.8. The maximum Gasteiger partial charge on any atom is 0.360 e. The third-order valence-electron chi connectivity index (χ3n) is 2.56. The molecule has 0 fully saturated rings. The summed E-state index contributed by atoms with van der Waals surface area (Å²) in [6.07, 6.45) is 1.85. The molecule has 0 unspecified atom stereocenters. The van der Waals surface area contributed by atoms with Gasteiger partial charge in [0.2, 0.25) is 0 Å². The summed E-state index contributed by atoms with van der Waals surface area (Å²) < 4.78 is 5.19. The van der Waals surface area contributed by atoms with Crippen molar-refractivity contribution in [2.24, 2.45) is 0 Å². The van der Waals surface area contributed by atoms with Gasteiger partial charge in [0.05, 0.1) is 5.88 Å². The molecular weight excluding hydrogens is 238 g/mol. The zero-order valence-corrected chi connectivity index (χ0v) is 9.61. The fraction of sp³-hybridized carbons (Fsp3) is 0.0833. The van der Waals surface area contributed by atoms with E-state index in [0.717, 1.165) is 5.39 Å². The van der Waals surface area contributed by atoms with E-state index in [2.05, 4.69) is 0 Å². The largest absolute Gasteiger partial charge is 0.508 e. The first-order valence-corrected chi connectivity index (χ1v) is 6.11. The van der Waals surface area contributed by atoms with E-state index in [1.807, 2.05) is 16.5 Å². The number of nitrogens with zero attached hydrogens (tertiary/aromatic N) is 1. The number of benzene rings is 1. The van der Waals surface area contributed by atoms with Gasteiger partial charge in [-0.25, -0.2) is 4.79 Å². The van der Waals surface area contributed by atoms with Crippen LogP contribution in [-0.4, -0.2) is 11.0 Å². The van der Waals surface area contributed by atoms with Gasteiger partial charge in [0, 0.05) is 17.7 Å². The Morgan fingerprint density at radius 1 is 1.35 bits per heavy atom. The summed E-state index contributed by atoms with van der Waals surface area (Å²) in [5.41, 5.74) is 0.522. The van der Waals surface area contributed by atoms with Crippen molar-refractivity contribution >= 4 is 28.4 Å². The SMILES string of the molecule is O=c1oc2cc(O)ccc2cc1N1C=CSC1. The summed E-state index contributed by atoms with van der Waals surface area (Å²) >= 11 is 1.62. The first-order chi connectivity index (χ1) is 8.24. The van der Waals surface area contributed by atoms with Gasteiger partial charge >= 0.3 is 5.63 Å². The van der Waals surface area contributed by atoms with Crippen LogP contribution in [0.3, 0.4) is 0 Å². The first-order valence-electron chi connectivity index (χ1n) is 5.06. The summed E-state index contributed by atoms with van der Waals surface area (Å²) in [5.74, 6) is 0.805. The van der Waals surface area contributed by atoms with Crippen molar-refractivity contribution in [3.05, 3.63) is 46.3 Å². The quantitative estimate of drug-likeness (QED) is 0.784. The highest BCUT2D eigenvalue weighted by Gasteiger charge is 2.14. The zero-order chi connectivity index (χ0) is 11.8. The Hall–Kier alpha value is -1.88. The van der Waals surface area contributed by atoms with Gasteiger partial charge in [-0.05, 0) is 23.6 Å². The molecule has 0 aliphatic carbocycles. The number of aromatic hydroxyl groups is 1. The van der Waals surface area contributed by atoms with Crippen LogP contribution in [0.4, 0.5) is 5.69 Å². The Morgan fingerprint density at radius 3 is 3.00 bits per heavy atom. The molecule has 0 atom stereocenters. The lowest BCUT2D eigenvalue weighted by Gasteiger charge is -2.13. The fourth-order valence-corrected chi connectivity index (χ4v) is 2.43. The Labute approximate surface area is 101 Å². The molecule has 0 saturated heterocycles. The minimum atomic E-state index is -0.393. The molecule has 1 aromatic carbocycles. The average molecular weight is 247 g/mol. The number of hydrogen-bond donors (Lipinski definition) is 1. The number of hydrogen-bond acceptors (Lipinski definition) is 5. The van der Waals surface area contributed by atoms with E-state index in [4.69, 9.17) is 4.42 Å². The molecule has 1 aromatic heterocycles. The van der Waals surface area contributed by atoms with Gasteiger partial charge in [-0.2, -0.15) is 0 Å². The predicted molar refractivity (Wildman–Crippen MR) is 68.2 cm³/mol. The first kappa shape index (κ1) is 10.3. The van der Waals surface area contributed by atoms with Gasteiger partial charge < -0.3 is 14.4 Å². The Balaban J connectivity index is 2.20. The molecule has 0 radical (unpaired) electrons. The molecule has 1 aliphatic heterocycles. The van der Waals surface area contributed by atoms with Crippen molar-refractivity contribution in [1.82, 2.24) is 0 Å². The zero-order valence-electron chi connectivity index (χ0n) is 8.79. The molecule has 0 amide bonds. The molecule has 2 aromatic rings. The summed E-state index contributed by atoms with van der Waals surface area (Å²) in [4.78, 5) is 13.6. The van der Waals surface area contributed by atoms with Crippen molar-refractivity contribution in [1.29, 1.82) is 0 Å². The second-order valence-corrected chi connectivity index (χ2v) is 4.56. The Morgan fingerprint density at radius 2 is 2.24 bits per heavy atom. The molecule has 1 aliphatic rings. The second kappa shape index (κ2) is 3.85. The van der Waals surface area contributed by atoms with E-state index in [1.54, 1.807) is 30.0 Å². The number of phenols is 1. The van der Waals surface area contributed by atoms with E-state index < -0.39 is 5.63 Å². The molecule has 0 saturated carbocycles. The standard InChI is InChI=1S/C12H9NO3S/c14-9-2-1-8-5-10(13-3-4-17-7-13)12(15)16-11(8)6-9/h1-6,14H,7H2. The highest BCUT2D eigenvalue weighted by atomic mass is 32.2. The smallest absolute Gasteiger partial charge is 0.360 e. The predicted octanol–water partition coefficient (Wildman–Crippen LogP) is 2.48. The Bertz CT molecular complexity index is 662. The summed E-state index contributed by atoms with van der Waals surface area (Å²) in [6, 6.07) is 6.51. The minimum Gasteiger partial charge on any atom is -0.508 e. The van der Waals surface area contributed by atoms with Gasteiger partial charge in [0.15, 0.2) is 0 Å². The number of fused-ring (bicyclic) bond motifs is 1. The molecular formula is C12H9NO3S. The van der Waals surface area contributed by atoms with Gasteiger partial charge in [0.25, 0.3) is 0 Å². The van der Waals surface area contributed by atoms with E-state index >= 15 is 0 Å². The molecule has 0 bridgehead atoms. The van der Waals surface area contributed by atoms with Gasteiger partial charge in [0.1, 0.15) is 17.0 Å². The molecule has 86 valence electrons. The summed E-state index contributed by atoms with van der Waals surface area (Å²) in [6.45, 7) is 0. The Kier molecular flexibility index (Phi) is 2.33. The third kappa shape index (κ3) is 1.78. The third-order valence-corrected chi connectivity index (χ3v) is 3.30. The number of rotatable bonds is 1. The van der Waals surface area contributed by atoms with Crippen molar-refractivity contribution in [2.45, 2.75) is 0 Å². The second-order valence-electron chi connectivity index (χ2n) is 3.69. The van der Waals surface area contributed by atoms with Crippen LogP contribution in [0.15, 0.2) is 45.1 Å². The maximum atomic E-state index is 11.8. The molecule has 1 N–H and O–H groups in total. The van der Waals surface area contributed by atoms with Crippen molar-refractivity contribution in [3.63, 3.8) is 0 Å². The van der Waals surface area contributed by atoms with Crippen LogP contribution < -0.4 is 10.5 Å². The van der Waals surface area contributed by atoms with Crippen LogP contribution in [-0.2, 0) is 0 Å². The van der Waals surface area contributed by atoms with Gasteiger partial charge in [-0.1, -0.05) is 0 Å². The number of thioether (sulfide) groups is 1. The lowest BCUT2D eigenvalue weighted by atomic mass is 10.2. The van der Waals surface area contributed by atoms with Crippen LogP contribution in [0, 0.1) is 0 Å². The van der Waals surface area contributed by atoms with Crippen molar-refractivity contribution in [2.75, 3.05) is 10.8 Å². The summed E-state index contributed by atoms with van der Waals surface area (Å²) in [5, 5.41) is 12.0. The minimum absolute atomic E-state index is 0.0880. The average Bonchev–Trinajstić information content (AvgIpc) is 2.81. The van der Waals surface area contributed by atoms with Gasteiger partial charge in [-0.15, -0.1) is 11.8 Å². The van der Waals surface area contributed by atoms with Crippen LogP contribution in [0.25, 0.3) is 11.0 Å². The van der Waals surface area contributed by atoms with Gasteiger partial charge in [-0.3, -0.25) is 0 Å². The molecule has 2 heterocycles. The molecule has 4 nitrogen and oxygen atoms in total. The topological polar surface area (TPSA) is 53.7 Å². The molecule has 17 heavy (non-hydrogen) atoms. The highest BCUT2D eigenvalue weighted by molar-refractivity contribution is 8.02. The van der Waals surface area contributed by atoms with Crippen LogP contribution in [0.1, 0.15) is 0 Å².